The maximum atomic E-state index is 13.5. The summed E-state index contributed by atoms with van der Waals surface area (Å²) < 4.78 is 0. The molecule has 0 fully saturated rings. The number of hydrogen-bond donors (Lipinski definition) is 0. The minimum Gasteiger partial charge on any atom is -0.293 e. The molecule has 0 radical (unpaired) electrons. The summed E-state index contributed by atoms with van der Waals surface area (Å²) in [5.74, 6) is -0.602. The molecule has 2 aliphatic rings. The van der Waals surface area contributed by atoms with E-state index in [1.807, 2.05) is 158 Å². The molecule has 0 bridgehead atoms. The first-order chi connectivity index (χ1) is 21.7. The molecule has 2 unspecified atom stereocenters. The molecule has 0 N–H and O–H groups in total. The van der Waals surface area contributed by atoms with E-state index in [2.05, 4.69) is 0 Å². The highest BCUT2D eigenvalue weighted by molar-refractivity contribution is 6.19. The van der Waals surface area contributed by atoms with Crippen LogP contribution >= 0.6 is 0 Å². The summed E-state index contributed by atoms with van der Waals surface area (Å²) in [6.07, 6.45) is 11.7. The Labute approximate surface area is 258 Å². The quantitative estimate of drug-likeness (QED) is 0.104. The number of rotatable bonds is 11. The van der Waals surface area contributed by atoms with Crippen LogP contribution in [-0.2, 0) is 0 Å². The Balaban J connectivity index is 1.28. The highest BCUT2D eigenvalue weighted by atomic mass is 16.1. The van der Waals surface area contributed by atoms with Gasteiger partial charge in [0.2, 0.25) is 0 Å². The van der Waals surface area contributed by atoms with Crippen LogP contribution in [0.3, 0.4) is 0 Å². The van der Waals surface area contributed by atoms with Crippen LogP contribution < -0.4 is 0 Å². The van der Waals surface area contributed by atoms with E-state index in [4.69, 9.17) is 9.98 Å². The summed E-state index contributed by atoms with van der Waals surface area (Å²) >= 11 is 0. The topological polar surface area (TPSA) is 58.9 Å². The molecule has 214 valence electrons. The number of nitrogens with zero attached hydrogens (tertiary/aromatic N) is 2. The van der Waals surface area contributed by atoms with Crippen molar-refractivity contribution in [3.05, 3.63) is 191 Å². The number of hydrogen-bond acceptors (Lipinski definition) is 4. The molecule has 44 heavy (non-hydrogen) atoms. The van der Waals surface area contributed by atoms with Crippen LogP contribution in [0.25, 0.3) is 0 Å². The van der Waals surface area contributed by atoms with E-state index < -0.39 is 5.92 Å². The fraction of sp³-hybridized carbons (Fsp3) is 0.100. The SMILES string of the molecule is O=C(C1=CC=CC1C(=NCCN=C(C1=CC=CC1C(=O)c1ccccc1)c1ccccc1)c1ccccc1)c1ccccc1. The molecule has 0 saturated heterocycles. The Bertz CT molecular complexity index is 1810. The maximum Gasteiger partial charge on any atom is 0.190 e. The van der Waals surface area contributed by atoms with Gasteiger partial charge in [-0.05, 0) is 16.7 Å². The van der Waals surface area contributed by atoms with Crippen LogP contribution in [0.5, 0.6) is 0 Å². The first-order valence-electron chi connectivity index (χ1n) is 14.9. The van der Waals surface area contributed by atoms with Crippen LogP contribution in [0.4, 0.5) is 0 Å². The van der Waals surface area contributed by atoms with Crippen molar-refractivity contribution in [1.82, 2.24) is 0 Å². The smallest absolute Gasteiger partial charge is 0.190 e. The Morgan fingerprint density at radius 3 is 1.59 bits per heavy atom. The van der Waals surface area contributed by atoms with Gasteiger partial charge in [0.15, 0.2) is 11.6 Å². The van der Waals surface area contributed by atoms with E-state index in [0.29, 0.717) is 29.8 Å². The molecule has 0 spiro atoms. The second-order valence-electron chi connectivity index (χ2n) is 10.6. The number of Topliss-reactive ketones (excluding diaryl/α,β-unsaturated/α-hetero) is 2. The van der Waals surface area contributed by atoms with Gasteiger partial charge in [-0.3, -0.25) is 19.6 Å². The largest absolute Gasteiger partial charge is 0.293 e. The van der Waals surface area contributed by atoms with E-state index >= 15 is 0 Å². The average molecular weight is 573 g/mol. The molecule has 2 atom stereocenters. The average Bonchev–Trinajstić information content (AvgIpc) is 3.78. The third-order valence-electron chi connectivity index (χ3n) is 7.80. The number of carbonyl (C=O) groups is 2. The van der Waals surface area contributed by atoms with Crippen molar-refractivity contribution in [3.63, 3.8) is 0 Å². The Morgan fingerprint density at radius 1 is 0.500 bits per heavy atom. The Hall–Kier alpha value is -5.48. The van der Waals surface area contributed by atoms with Gasteiger partial charge in [0.25, 0.3) is 0 Å². The molecule has 0 aliphatic heterocycles. The lowest BCUT2D eigenvalue weighted by atomic mass is 9.87. The molecule has 4 aromatic rings. The van der Waals surface area contributed by atoms with E-state index in [1.165, 1.54) is 0 Å². The van der Waals surface area contributed by atoms with E-state index in [0.717, 1.165) is 28.1 Å². The molecular formula is C40H32N2O2. The lowest BCUT2D eigenvalue weighted by molar-refractivity contribution is 0.0963. The third-order valence-corrected chi connectivity index (χ3v) is 7.80. The number of carbonyl (C=O) groups excluding carboxylic acids is 2. The van der Waals surface area contributed by atoms with Crippen LogP contribution in [0.1, 0.15) is 31.8 Å². The molecule has 6 rings (SSSR count). The summed E-state index contributed by atoms with van der Waals surface area (Å²) in [4.78, 5) is 37.1. The van der Waals surface area contributed by atoms with Gasteiger partial charge in [0.05, 0.1) is 30.4 Å². The Kier molecular flexibility index (Phi) is 8.89. The van der Waals surface area contributed by atoms with Crippen molar-refractivity contribution in [2.24, 2.45) is 21.8 Å². The fourth-order valence-electron chi connectivity index (χ4n) is 5.66. The minimum absolute atomic E-state index is 0.00316. The number of allylic oxidation sites excluding steroid dienone is 8. The first-order valence-corrected chi connectivity index (χ1v) is 14.9. The normalized spacial score (nSPS) is 17.8. The van der Waals surface area contributed by atoms with Crippen LogP contribution in [-0.4, -0.2) is 36.1 Å². The third kappa shape index (κ3) is 6.30. The monoisotopic (exact) mass is 572 g/mol. The van der Waals surface area contributed by atoms with Crippen molar-refractivity contribution in [2.75, 3.05) is 13.1 Å². The molecular weight excluding hydrogens is 540 g/mol. The standard InChI is InChI=1S/C40H32N2O2/c43-39(31-19-9-3-10-20-31)35-25-13-23-33(35)37(29-15-5-1-6-16-29)41-27-28-42-38(30-17-7-2-8-18-30)34-24-14-26-36(34)40(44)32-21-11-4-12-22-32/h1-26,33,36H,27-28H2. The molecule has 4 heteroatoms. The molecule has 4 nitrogen and oxygen atoms in total. The number of aliphatic imine (C=N–C) groups is 2. The fourth-order valence-corrected chi connectivity index (χ4v) is 5.66. The zero-order valence-corrected chi connectivity index (χ0v) is 24.3. The van der Waals surface area contributed by atoms with Crippen LogP contribution in [0.2, 0.25) is 0 Å². The van der Waals surface area contributed by atoms with E-state index in [9.17, 15) is 9.59 Å². The van der Waals surface area contributed by atoms with Crippen LogP contribution in [0, 0.1) is 11.8 Å². The van der Waals surface area contributed by atoms with Crippen molar-refractivity contribution in [3.8, 4) is 0 Å². The van der Waals surface area contributed by atoms with Gasteiger partial charge in [-0.2, -0.15) is 0 Å². The summed E-state index contributed by atoms with van der Waals surface area (Å²) in [7, 11) is 0. The summed E-state index contributed by atoms with van der Waals surface area (Å²) in [5, 5.41) is 0. The molecule has 0 aromatic heterocycles. The zero-order chi connectivity index (χ0) is 30.1. The lowest BCUT2D eigenvalue weighted by Gasteiger charge is -2.18. The molecule has 0 saturated carbocycles. The van der Waals surface area contributed by atoms with Crippen LogP contribution in [0.15, 0.2) is 179 Å². The van der Waals surface area contributed by atoms with Gasteiger partial charge in [-0.1, -0.05) is 158 Å². The van der Waals surface area contributed by atoms with Gasteiger partial charge < -0.3 is 0 Å². The highest BCUT2D eigenvalue weighted by Crippen LogP contribution is 2.29. The van der Waals surface area contributed by atoms with E-state index in [1.54, 1.807) is 0 Å². The molecule has 0 heterocycles. The molecule has 2 aliphatic carbocycles. The first kappa shape index (κ1) is 28.6. The van der Waals surface area contributed by atoms with E-state index in [-0.39, 0.29) is 17.5 Å². The predicted molar refractivity (Wildman–Crippen MR) is 179 cm³/mol. The summed E-state index contributed by atoms with van der Waals surface area (Å²) in [6.45, 7) is 0.849. The van der Waals surface area contributed by atoms with Crippen molar-refractivity contribution in [1.29, 1.82) is 0 Å². The maximum absolute atomic E-state index is 13.5. The van der Waals surface area contributed by atoms with Crippen molar-refractivity contribution < 1.29 is 9.59 Å². The van der Waals surface area contributed by atoms with Gasteiger partial charge >= 0.3 is 0 Å². The molecule has 0 amide bonds. The predicted octanol–water partition coefficient (Wildman–Crippen LogP) is 7.96. The molecule has 4 aromatic carbocycles. The second-order valence-corrected chi connectivity index (χ2v) is 10.6. The van der Waals surface area contributed by atoms with Gasteiger partial charge in [-0.15, -0.1) is 0 Å². The number of ketones is 2. The van der Waals surface area contributed by atoms with Gasteiger partial charge in [-0.25, -0.2) is 0 Å². The lowest BCUT2D eigenvalue weighted by Crippen LogP contribution is -2.21. The Morgan fingerprint density at radius 2 is 0.977 bits per heavy atom. The summed E-state index contributed by atoms with van der Waals surface area (Å²) in [5.41, 5.74) is 6.49. The second kappa shape index (κ2) is 13.7. The minimum atomic E-state index is -0.403. The van der Waals surface area contributed by atoms with Gasteiger partial charge in [0.1, 0.15) is 0 Å². The van der Waals surface area contributed by atoms with Crippen molar-refractivity contribution >= 4 is 23.0 Å². The van der Waals surface area contributed by atoms with Crippen molar-refractivity contribution in [2.45, 2.75) is 0 Å². The number of benzene rings is 4. The zero-order valence-electron chi connectivity index (χ0n) is 24.3. The summed E-state index contributed by atoms with van der Waals surface area (Å²) in [6, 6.07) is 38.8. The highest BCUT2D eigenvalue weighted by Gasteiger charge is 2.29. The van der Waals surface area contributed by atoms with Gasteiger partial charge in [0, 0.05) is 22.6 Å².